The van der Waals surface area contributed by atoms with Crippen LogP contribution in [0.3, 0.4) is 0 Å². The predicted octanol–water partition coefficient (Wildman–Crippen LogP) is 6.84. The molecule has 0 aliphatic carbocycles. The van der Waals surface area contributed by atoms with Gasteiger partial charge < -0.3 is 19.3 Å². The van der Waals surface area contributed by atoms with Crippen LogP contribution < -0.4 is 14.4 Å². The highest BCUT2D eigenvalue weighted by Gasteiger charge is 2.48. The molecule has 1 unspecified atom stereocenters. The number of aliphatic hydroxyl groups is 1. The number of rotatable bonds is 10. The zero-order valence-electron chi connectivity index (χ0n) is 23.9. The molecule has 1 amide bonds. The summed E-state index contributed by atoms with van der Waals surface area (Å²) in [6.07, 6.45) is 1.91. The number of esters is 1. The molecule has 1 aromatic heterocycles. The van der Waals surface area contributed by atoms with Crippen molar-refractivity contribution in [1.29, 1.82) is 0 Å². The van der Waals surface area contributed by atoms with Crippen molar-refractivity contribution in [3.63, 3.8) is 0 Å². The number of aromatic nitrogens is 1. The van der Waals surface area contributed by atoms with E-state index in [1.165, 1.54) is 12.0 Å². The fourth-order valence-electron chi connectivity index (χ4n) is 4.68. The normalized spacial score (nSPS) is 15.9. The van der Waals surface area contributed by atoms with Crippen LogP contribution in [0.25, 0.3) is 5.76 Å². The molecule has 5 rings (SSSR count). The number of aryl methyl sites for hydroxylation is 1. The van der Waals surface area contributed by atoms with Crippen LogP contribution in [0.4, 0.5) is 5.13 Å². The van der Waals surface area contributed by atoms with Gasteiger partial charge in [-0.3, -0.25) is 14.5 Å². The van der Waals surface area contributed by atoms with E-state index in [0.29, 0.717) is 40.7 Å². The molecule has 10 heteroatoms. The summed E-state index contributed by atoms with van der Waals surface area (Å²) in [5, 5.41) is 11.6. The van der Waals surface area contributed by atoms with Gasteiger partial charge in [-0.25, -0.2) is 9.78 Å². The number of methoxy groups -OCH3 is 1. The summed E-state index contributed by atoms with van der Waals surface area (Å²) >= 11 is 0.937. The van der Waals surface area contributed by atoms with Crippen molar-refractivity contribution in [3.8, 4) is 17.2 Å². The molecule has 4 aromatic rings. The van der Waals surface area contributed by atoms with Gasteiger partial charge in [0.25, 0.3) is 5.78 Å². The van der Waals surface area contributed by atoms with Gasteiger partial charge in [0, 0.05) is 5.56 Å². The predicted molar refractivity (Wildman–Crippen MR) is 163 cm³/mol. The van der Waals surface area contributed by atoms with Gasteiger partial charge >= 0.3 is 11.9 Å². The zero-order valence-corrected chi connectivity index (χ0v) is 24.7. The first-order chi connectivity index (χ1) is 20.8. The highest BCUT2D eigenvalue weighted by Crippen LogP contribution is 2.44. The number of anilines is 1. The Morgan fingerprint density at radius 3 is 2.40 bits per heavy atom. The summed E-state index contributed by atoms with van der Waals surface area (Å²) in [5.74, 6) is -1.02. The lowest BCUT2D eigenvalue weighted by Gasteiger charge is -2.23. The van der Waals surface area contributed by atoms with Crippen LogP contribution in [-0.4, -0.2) is 41.5 Å². The summed E-state index contributed by atoms with van der Waals surface area (Å²) in [6, 6.07) is 21.7. The monoisotopic (exact) mass is 598 g/mol. The molecule has 9 nitrogen and oxygen atoms in total. The highest BCUT2D eigenvalue weighted by molar-refractivity contribution is 7.17. The van der Waals surface area contributed by atoms with Gasteiger partial charge in [0.05, 0.1) is 31.0 Å². The summed E-state index contributed by atoms with van der Waals surface area (Å²) in [4.78, 5) is 45.4. The molecule has 43 heavy (non-hydrogen) atoms. The quantitative estimate of drug-likeness (QED) is 0.0694. The van der Waals surface area contributed by atoms with Crippen LogP contribution in [0, 0.1) is 6.92 Å². The Hall–Kier alpha value is -4.96. The number of thiazole rings is 1. The van der Waals surface area contributed by atoms with E-state index in [1.807, 2.05) is 18.2 Å². The molecule has 1 fully saturated rings. The SMILES string of the molecule is CCCCOc1ccc(/C(O)=C2/C(=O)C(=O)N(c3nc(C)c(C(=O)OC)s3)C2c2cccc(Oc3ccccc3)c2)cc1. The van der Waals surface area contributed by atoms with Crippen molar-refractivity contribution >= 4 is 39.9 Å². The van der Waals surface area contributed by atoms with Crippen molar-refractivity contribution in [2.24, 2.45) is 0 Å². The van der Waals surface area contributed by atoms with E-state index in [0.717, 1.165) is 24.2 Å². The number of amides is 1. The Morgan fingerprint density at radius 1 is 0.977 bits per heavy atom. The lowest BCUT2D eigenvalue weighted by molar-refractivity contribution is -0.132. The maximum Gasteiger partial charge on any atom is 0.350 e. The molecule has 0 spiro atoms. The number of hydrogen-bond donors (Lipinski definition) is 1. The van der Waals surface area contributed by atoms with Crippen LogP contribution in [0.15, 0.2) is 84.4 Å². The van der Waals surface area contributed by atoms with Crippen molar-refractivity contribution < 1.29 is 33.7 Å². The van der Waals surface area contributed by atoms with E-state index in [4.69, 9.17) is 14.2 Å². The Balaban J connectivity index is 1.61. The maximum absolute atomic E-state index is 13.6. The van der Waals surface area contributed by atoms with E-state index >= 15 is 0 Å². The lowest BCUT2D eigenvalue weighted by atomic mass is 9.95. The van der Waals surface area contributed by atoms with Crippen LogP contribution >= 0.6 is 11.3 Å². The summed E-state index contributed by atoms with van der Waals surface area (Å²) in [7, 11) is 1.26. The third-order valence-electron chi connectivity index (χ3n) is 6.85. The minimum absolute atomic E-state index is 0.117. The first-order valence-electron chi connectivity index (χ1n) is 13.7. The molecule has 0 bridgehead atoms. The average Bonchev–Trinajstić information content (AvgIpc) is 3.53. The number of nitrogens with zero attached hydrogens (tertiary/aromatic N) is 2. The number of para-hydroxylation sites is 1. The van der Waals surface area contributed by atoms with Gasteiger partial charge in [-0.05, 0) is 67.4 Å². The number of hydrogen-bond acceptors (Lipinski definition) is 9. The highest BCUT2D eigenvalue weighted by atomic mass is 32.1. The minimum atomic E-state index is -1.06. The number of aliphatic hydroxyl groups excluding tert-OH is 1. The molecule has 1 N–H and O–H groups in total. The first-order valence-corrected chi connectivity index (χ1v) is 14.6. The molecule has 3 aromatic carbocycles. The van der Waals surface area contributed by atoms with Gasteiger partial charge in [0.1, 0.15) is 27.9 Å². The van der Waals surface area contributed by atoms with Crippen molar-refractivity contribution in [2.75, 3.05) is 18.6 Å². The molecule has 1 aliphatic rings. The molecule has 1 aliphatic heterocycles. The molecular weight excluding hydrogens is 568 g/mol. The van der Waals surface area contributed by atoms with E-state index in [-0.39, 0.29) is 21.3 Å². The van der Waals surface area contributed by atoms with Gasteiger partial charge in [-0.15, -0.1) is 0 Å². The largest absolute Gasteiger partial charge is 0.507 e. The molecule has 0 saturated carbocycles. The zero-order chi connectivity index (χ0) is 30.5. The van der Waals surface area contributed by atoms with E-state index < -0.39 is 23.7 Å². The molecule has 1 atom stereocenters. The van der Waals surface area contributed by atoms with Crippen molar-refractivity contribution in [1.82, 2.24) is 4.98 Å². The second-order valence-electron chi connectivity index (χ2n) is 9.79. The Bertz CT molecular complexity index is 1680. The smallest absolute Gasteiger partial charge is 0.350 e. The average molecular weight is 599 g/mol. The van der Waals surface area contributed by atoms with Gasteiger partial charge in [0.2, 0.25) is 0 Å². The van der Waals surface area contributed by atoms with E-state index in [1.54, 1.807) is 67.6 Å². The molecule has 0 radical (unpaired) electrons. The minimum Gasteiger partial charge on any atom is -0.507 e. The lowest BCUT2D eigenvalue weighted by Crippen LogP contribution is -2.29. The number of ether oxygens (including phenoxy) is 3. The van der Waals surface area contributed by atoms with Gasteiger partial charge in [0.15, 0.2) is 5.13 Å². The summed E-state index contributed by atoms with van der Waals surface area (Å²) < 4.78 is 16.6. The topological polar surface area (TPSA) is 115 Å². The van der Waals surface area contributed by atoms with Gasteiger partial charge in [-0.1, -0.05) is 55.0 Å². The summed E-state index contributed by atoms with van der Waals surface area (Å²) in [5.41, 5.74) is 1.08. The standard InChI is InChI=1S/C33H30N2O7S/c1-4-5-18-41-23-16-14-21(15-17-23)28(36)26-27(22-10-9-13-25(19-22)42-24-11-7-6-8-12-24)35(31(38)29(26)37)33-34-20(2)30(43-33)32(39)40-3/h6-17,19,27,36H,4-5,18H2,1-3H3/b28-26-. The molecular formula is C33H30N2O7S. The van der Waals surface area contributed by atoms with Gasteiger partial charge in [-0.2, -0.15) is 0 Å². The third kappa shape index (κ3) is 6.14. The molecule has 1 saturated heterocycles. The number of carbonyl (C=O) groups is 3. The van der Waals surface area contributed by atoms with Crippen molar-refractivity contribution in [3.05, 3.63) is 106 Å². The number of unbranched alkanes of at least 4 members (excludes halogenated alkanes) is 1. The number of carbonyl (C=O) groups excluding carboxylic acids is 3. The Labute approximate surface area is 253 Å². The molecule has 220 valence electrons. The van der Waals surface area contributed by atoms with Crippen LogP contribution in [0.2, 0.25) is 0 Å². The third-order valence-corrected chi connectivity index (χ3v) is 7.99. The number of ketones is 1. The second-order valence-corrected chi connectivity index (χ2v) is 10.8. The fraction of sp³-hybridized carbons (Fsp3) is 0.212. The van der Waals surface area contributed by atoms with E-state index in [9.17, 15) is 19.5 Å². The van der Waals surface area contributed by atoms with Crippen LogP contribution in [0.1, 0.15) is 52.3 Å². The first kappa shape index (κ1) is 29.5. The Morgan fingerprint density at radius 2 is 1.70 bits per heavy atom. The Kier molecular flexibility index (Phi) is 8.87. The van der Waals surface area contributed by atoms with E-state index in [2.05, 4.69) is 11.9 Å². The molecule has 2 heterocycles. The number of Topliss-reactive ketones (excluding diaryl/α,β-unsaturated/α-hetero) is 1. The van der Waals surface area contributed by atoms with Crippen LogP contribution in [-0.2, 0) is 14.3 Å². The number of benzene rings is 3. The maximum atomic E-state index is 13.6. The van der Waals surface area contributed by atoms with Crippen LogP contribution in [0.5, 0.6) is 17.2 Å². The second kappa shape index (κ2) is 12.9. The fourth-order valence-corrected chi connectivity index (χ4v) is 5.70. The van der Waals surface area contributed by atoms with Crippen molar-refractivity contribution in [2.45, 2.75) is 32.7 Å². The summed E-state index contributed by atoms with van der Waals surface area (Å²) in [6.45, 7) is 4.26.